The fraction of sp³-hybridized carbons (Fsp3) is 0.294. The zero-order valence-electron chi connectivity index (χ0n) is 14.1. The Labute approximate surface area is 148 Å². The summed E-state index contributed by atoms with van der Waals surface area (Å²) in [5, 5.41) is 0. The van der Waals surface area contributed by atoms with Crippen molar-refractivity contribution in [2.24, 2.45) is 0 Å². The van der Waals surface area contributed by atoms with Gasteiger partial charge in [0.05, 0.1) is 11.2 Å². The van der Waals surface area contributed by atoms with Crippen molar-refractivity contribution in [2.45, 2.75) is 24.8 Å². The second-order valence-electron chi connectivity index (χ2n) is 6.26. The van der Waals surface area contributed by atoms with Crippen molar-refractivity contribution in [1.82, 2.24) is 4.31 Å². The summed E-state index contributed by atoms with van der Waals surface area (Å²) in [7, 11) is -6.95. The zero-order chi connectivity index (χ0) is 18.2. The van der Waals surface area contributed by atoms with Gasteiger partial charge in [-0.3, -0.25) is 4.72 Å². The van der Waals surface area contributed by atoms with E-state index in [1.807, 2.05) is 13.0 Å². The van der Waals surface area contributed by atoms with Gasteiger partial charge in [-0.05, 0) is 48.7 Å². The number of fused-ring (bicyclic) bond motifs is 1. The number of sulfonamides is 2. The standard InChI is InChI=1S/C17H20N2O4S2/c1-13-3-7-17(8-4-13)25(22,23)19-10-9-14-5-6-16(11-15(14)12-19)18-24(2,20)21/h3-8,11,18H,9-10,12H2,1-2H3. The van der Waals surface area contributed by atoms with E-state index in [4.69, 9.17) is 0 Å². The maximum Gasteiger partial charge on any atom is 0.243 e. The molecule has 134 valence electrons. The highest BCUT2D eigenvalue weighted by Gasteiger charge is 2.28. The molecule has 0 radical (unpaired) electrons. The molecule has 0 aliphatic carbocycles. The van der Waals surface area contributed by atoms with Crippen molar-refractivity contribution in [2.75, 3.05) is 17.5 Å². The fourth-order valence-corrected chi connectivity index (χ4v) is 4.85. The highest BCUT2D eigenvalue weighted by molar-refractivity contribution is 7.92. The number of anilines is 1. The van der Waals surface area contributed by atoms with Crippen LogP contribution in [0.4, 0.5) is 5.69 Å². The Kier molecular flexibility index (Phi) is 4.61. The van der Waals surface area contributed by atoms with E-state index >= 15 is 0 Å². The van der Waals surface area contributed by atoms with Gasteiger partial charge in [0.25, 0.3) is 0 Å². The first-order valence-electron chi connectivity index (χ1n) is 7.81. The van der Waals surface area contributed by atoms with Crippen molar-refractivity contribution < 1.29 is 16.8 Å². The third kappa shape index (κ3) is 4.02. The first-order valence-corrected chi connectivity index (χ1v) is 11.1. The fourth-order valence-electron chi connectivity index (χ4n) is 2.87. The topological polar surface area (TPSA) is 83.6 Å². The molecule has 8 heteroatoms. The van der Waals surface area contributed by atoms with Gasteiger partial charge in [-0.25, -0.2) is 16.8 Å². The Morgan fingerprint density at radius 2 is 1.64 bits per heavy atom. The van der Waals surface area contributed by atoms with E-state index in [2.05, 4.69) is 4.72 Å². The normalized spacial score (nSPS) is 15.6. The summed E-state index contributed by atoms with van der Waals surface area (Å²) in [6.45, 7) is 2.54. The lowest BCUT2D eigenvalue weighted by atomic mass is 10.0. The van der Waals surface area contributed by atoms with Crippen LogP contribution in [0, 0.1) is 6.92 Å². The molecular weight excluding hydrogens is 360 g/mol. The zero-order valence-corrected chi connectivity index (χ0v) is 15.7. The third-order valence-corrected chi connectivity index (χ3v) is 6.61. The predicted octanol–water partition coefficient (Wildman–Crippen LogP) is 2.11. The van der Waals surface area contributed by atoms with Gasteiger partial charge in [0.2, 0.25) is 20.0 Å². The molecule has 0 saturated heterocycles. The monoisotopic (exact) mass is 380 g/mol. The molecule has 1 heterocycles. The quantitative estimate of drug-likeness (QED) is 0.881. The first-order chi connectivity index (χ1) is 11.6. The third-order valence-electron chi connectivity index (χ3n) is 4.15. The summed E-state index contributed by atoms with van der Waals surface area (Å²) < 4.78 is 52.3. The van der Waals surface area contributed by atoms with Crippen LogP contribution in [0.15, 0.2) is 47.4 Å². The average Bonchev–Trinajstić information content (AvgIpc) is 2.53. The van der Waals surface area contributed by atoms with Gasteiger partial charge < -0.3 is 0 Å². The van der Waals surface area contributed by atoms with E-state index in [9.17, 15) is 16.8 Å². The molecule has 0 bridgehead atoms. The summed E-state index contributed by atoms with van der Waals surface area (Å²) in [6, 6.07) is 12.0. The Morgan fingerprint density at radius 1 is 0.960 bits per heavy atom. The van der Waals surface area contributed by atoms with Crippen LogP contribution in [0.25, 0.3) is 0 Å². The molecule has 0 saturated carbocycles. The van der Waals surface area contributed by atoms with Crippen LogP contribution in [-0.2, 0) is 33.0 Å². The van der Waals surface area contributed by atoms with Gasteiger partial charge in [0, 0.05) is 18.8 Å². The van der Waals surface area contributed by atoms with Gasteiger partial charge in [-0.2, -0.15) is 4.31 Å². The molecule has 0 unspecified atom stereocenters. The minimum absolute atomic E-state index is 0.227. The Bertz CT molecular complexity index is 997. The van der Waals surface area contributed by atoms with Crippen LogP contribution in [0.1, 0.15) is 16.7 Å². The van der Waals surface area contributed by atoms with E-state index < -0.39 is 20.0 Å². The van der Waals surface area contributed by atoms with Crippen molar-refractivity contribution in [1.29, 1.82) is 0 Å². The molecule has 0 amide bonds. The van der Waals surface area contributed by atoms with Gasteiger partial charge in [-0.1, -0.05) is 23.8 Å². The summed E-state index contributed by atoms with van der Waals surface area (Å²) in [6.07, 6.45) is 1.68. The molecule has 0 aromatic heterocycles. The van der Waals surface area contributed by atoms with Crippen molar-refractivity contribution in [3.63, 3.8) is 0 Å². The van der Waals surface area contributed by atoms with Crippen LogP contribution in [0.3, 0.4) is 0 Å². The second-order valence-corrected chi connectivity index (χ2v) is 9.95. The summed E-state index contributed by atoms with van der Waals surface area (Å²) in [5.74, 6) is 0. The lowest BCUT2D eigenvalue weighted by molar-refractivity contribution is 0.391. The minimum Gasteiger partial charge on any atom is -0.284 e. The molecule has 0 fully saturated rings. The molecule has 1 aliphatic rings. The molecule has 0 atom stereocenters. The Balaban J connectivity index is 1.89. The summed E-state index contributed by atoms with van der Waals surface area (Å²) in [5.41, 5.74) is 3.29. The van der Waals surface area contributed by atoms with Gasteiger partial charge in [-0.15, -0.1) is 0 Å². The number of hydrogen-bond donors (Lipinski definition) is 1. The van der Waals surface area contributed by atoms with E-state index in [0.29, 0.717) is 18.7 Å². The van der Waals surface area contributed by atoms with Gasteiger partial charge in [0.1, 0.15) is 0 Å². The van der Waals surface area contributed by atoms with Crippen LogP contribution in [-0.4, -0.2) is 33.9 Å². The van der Waals surface area contributed by atoms with Gasteiger partial charge in [0.15, 0.2) is 0 Å². The van der Waals surface area contributed by atoms with Gasteiger partial charge >= 0.3 is 0 Å². The summed E-state index contributed by atoms with van der Waals surface area (Å²) >= 11 is 0. The highest BCUT2D eigenvalue weighted by Crippen LogP contribution is 2.27. The Morgan fingerprint density at radius 3 is 2.28 bits per heavy atom. The molecule has 2 aromatic carbocycles. The number of aryl methyl sites for hydroxylation is 1. The number of hydrogen-bond acceptors (Lipinski definition) is 4. The minimum atomic E-state index is -3.57. The van der Waals surface area contributed by atoms with Crippen molar-refractivity contribution >= 4 is 25.7 Å². The predicted molar refractivity (Wildman–Crippen MR) is 97.4 cm³/mol. The van der Waals surface area contributed by atoms with E-state index in [1.54, 1.807) is 36.4 Å². The molecular formula is C17H20N2O4S2. The first kappa shape index (κ1) is 17.9. The molecule has 1 aliphatic heterocycles. The number of rotatable bonds is 4. The second kappa shape index (κ2) is 6.44. The smallest absolute Gasteiger partial charge is 0.243 e. The maximum atomic E-state index is 12.8. The number of benzene rings is 2. The maximum absolute atomic E-state index is 12.8. The van der Waals surface area contributed by atoms with E-state index in [0.717, 1.165) is 22.9 Å². The molecule has 25 heavy (non-hydrogen) atoms. The summed E-state index contributed by atoms with van der Waals surface area (Å²) in [4.78, 5) is 0.270. The number of nitrogens with one attached hydrogen (secondary N) is 1. The molecule has 0 spiro atoms. The van der Waals surface area contributed by atoms with Crippen LogP contribution < -0.4 is 4.72 Å². The largest absolute Gasteiger partial charge is 0.284 e. The van der Waals surface area contributed by atoms with Crippen LogP contribution in [0.5, 0.6) is 0 Å². The molecule has 2 aromatic rings. The molecule has 1 N–H and O–H groups in total. The van der Waals surface area contributed by atoms with Crippen molar-refractivity contribution in [3.8, 4) is 0 Å². The Hall–Kier alpha value is -1.90. The lowest BCUT2D eigenvalue weighted by Gasteiger charge is -2.28. The molecule has 3 rings (SSSR count). The van der Waals surface area contributed by atoms with E-state index in [1.165, 1.54) is 4.31 Å². The lowest BCUT2D eigenvalue weighted by Crippen LogP contribution is -2.36. The highest BCUT2D eigenvalue weighted by atomic mass is 32.2. The molecule has 6 nitrogen and oxygen atoms in total. The average molecular weight is 380 g/mol. The van der Waals surface area contributed by atoms with Crippen LogP contribution in [0.2, 0.25) is 0 Å². The van der Waals surface area contributed by atoms with Crippen LogP contribution >= 0.6 is 0 Å². The van der Waals surface area contributed by atoms with E-state index in [-0.39, 0.29) is 11.4 Å². The SMILES string of the molecule is Cc1ccc(S(=O)(=O)N2CCc3ccc(NS(C)(=O)=O)cc3C2)cc1. The number of nitrogens with zero attached hydrogens (tertiary/aromatic N) is 1. The van der Waals surface area contributed by atoms with Crippen molar-refractivity contribution in [3.05, 3.63) is 59.2 Å².